The minimum atomic E-state index is -2.89. The molecule has 1 aliphatic rings. The molecule has 17 heavy (non-hydrogen) atoms. The first-order valence-electron chi connectivity index (χ1n) is 5.51. The molecule has 0 atom stereocenters. The fraction of sp³-hybridized carbons (Fsp3) is 0.500. The van der Waals surface area contributed by atoms with Crippen molar-refractivity contribution in [2.45, 2.75) is 19.1 Å². The van der Waals surface area contributed by atoms with Crippen molar-refractivity contribution in [3.05, 3.63) is 34.9 Å². The molecule has 1 aromatic carbocycles. The maximum atomic E-state index is 13.8. The Bertz CT molecular complexity index is 409. The second-order valence-corrected chi connectivity index (χ2v) is 4.29. The molecule has 0 spiro atoms. The van der Waals surface area contributed by atoms with E-state index in [2.05, 4.69) is 0 Å². The zero-order chi connectivity index (χ0) is 12.5. The molecule has 0 aromatic heterocycles. The average Bonchev–Trinajstić information content (AvgIpc) is 2.27. The van der Waals surface area contributed by atoms with E-state index in [1.807, 2.05) is 0 Å². The molecule has 2 N–H and O–H groups in total. The van der Waals surface area contributed by atoms with Gasteiger partial charge in [0.15, 0.2) is 0 Å². The van der Waals surface area contributed by atoms with Crippen LogP contribution in [0.2, 0.25) is 0 Å². The van der Waals surface area contributed by atoms with E-state index >= 15 is 0 Å². The van der Waals surface area contributed by atoms with Crippen molar-refractivity contribution >= 4 is 0 Å². The van der Waals surface area contributed by atoms with E-state index in [1.165, 1.54) is 17.0 Å². The Morgan fingerprint density at radius 2 is 2.06 bits per heavy atom. The molecule has 0 amide bonds. The van der Waals surface area contributed by atoms with Crippen LogP contribution in [-0.4, -0.2) is 34.8 Å². The molecule has 0 bridgehead atoms. The van der Waals surface area contributed by atoms with E-state index in [9.17, 15) is 8.78 Å². The average molecular weight is 243 g/mol. The first-order valence-corrected chi connectivity index (χ1v) is 5.51. The molecule has 5 heteroatoms. The molecule has 0 saturated carbocycles. The highest BCUT2D eigenvalue weighted by Gasteiger charge is 2.39. The summed E-state index contributed by atoms with van der Waals surface area (Å²) in [6.45, 7) is -0.0271. The summed E-state index contributed by atoms with van der Waals surface area (Å²) in [6.07, 6.45) is 0. The topological polar surface area (TPSA) is 43.7 Å². The van der Waals surface area contributed by atoms with Crippen LogP contribution in [0.4, 0.5) is 8.78 Å². The van der Waals surface area contributed by atoms with E-state index < -0.39 is 5.92 Å². The number of β-amino-alcohol motifs (C(OH)–C–C–N with tert-alkyl or cyclic N) is 1. The zero-order valence-electron chi connectivity index (χ0n) is 9.37. The summed E-state index contributed by atoms with van der Waals surface area (Å²) in [5, 5.41) is 17.8. The highest BCUT2D eigenvalue weighted by atomic mass is 19.3. The SMILES string of the molecule is OCCN1Cc2cc(CO)ccc2C(F)(F)C1. The quantitative estimate of drug-likeness (QED) is 0.835. The molecule has 1 heterocycles. The number of hydrogen-bond acceptors (Lipinski definition) is 3. The van der Waals surface area contributed by atoms with Gasteiger partial charge in [0.1, 0.15) is 0 Å². The van der Waals surface area contributed by atoms with Crippen molar-refractivity contribution < 1.29 is 19.0 Å². The predicted molar refractivity (Wildman–Crippen MR) is 58.6 cm³/mol. The third-order valence-electron chi connectivity index (χ3n) is 2.98. The van der Waals surface area contributed by atoms with E-state index in [0.717, 1.165) is 0 Å². The Kier molecular flexibility index (Phi) is 3.42. The summed E-state index contributed by atoms with van der Waals surface area (Å²) < 4.78 is 27.6. The van der Waals surface area contributed by atoms with E-state index in [4.69, 9.17) is 10.2 Å². The van der Waals surface area contributed by atoms with Crippen molar-refractivity contribution in [3.63, 3.8) is 0 Å². The molecule has 2 rings (SSSR count). The fourth-order valence-corrected chi connectivity index (χ4v) is 2.20. The van der Waals surface area contributed by atoms with Crippen molar-refractivity contribution in [3.8, 4) is 0 Å². The van der Waals surface area contributed by atoms with Gasteiger partial charge in [0.2, 0.25) is 0 Å². The van der Waals surface area contributed by atoms with Gasteiger partial charge < -0.3 is 10.2 Å². The molecular formula is C12H15F2NO2. The summed E-state index contributed by atoms with van der Waals surface area (Å²) in [5.74, 6) is -2.89. The van der Waals surface area contributed by atoms with Crippen LogP contribution in [0.25, 0.3) is 0 Å². The third-order valence-corrected chi connectivity index (χ3v) is 2.98. The molecule has 0 fully saturated rings. The monoisotopic (exact) mass is 243 g/mol. The molecule has 0 saturated heterocycles. The Balaban J connectivity index is 2.34. The number of aliphatic hydroxyl groups is 2. The fourth-order valence-electron chi connectivity index (χ4n) is 2.20. The lowest BCUT2D eigenvalue weighted by Crippen LogP contribution is -2.41. The van der Waals surface area contributed by atoms with Crippen molar-refractivity contribution in [1.29, 1.82) is 0 Å². The van der Waals surface area contributed by atoms with Gasteiger partial charge in [0.25, 0.3) is 5.92 Å². The highest BCUT2D eigenvalue weighted by molar-refractivity contribution is 5.36. The number of rotatable bonds is 3. The van der Waals surface area contributed by atoms with E-state index in [1.54, 1.807) is 6.07 Å². The van der Waals surface area contributed by atoms with Crippen LogP contribution < -0.4 is 0 Å². The highest BCUT2D eigenvalue weighted by Crippen LogP contribution is 2.36. The summed E-state index contributed by atoms with van der Waals surface area (Å²) in [6, 6.07) is 4.51. The normalized spacial score (nSPS) is 19.1. The van der Waals surface area contributed by atoms with E-state index in [0.29, 0.717) is 17.7 Å². The van der Waals surface area contributed by atoms with Crippen molar-refractivity contribution in [1.82, 2.24) is 4.90 Å². The first kappa shape index (κ1) is 12.4. The minimum Gasteiger partial charge on any atom is -0.395 e. The summed E-state index contributed by atoms with van der Waals surface area (Å²) >= 11 is 0. The second-order valence-electron chi connectivity index (χ2n) is 4.29. The Hall–Kier alpha value is -1.04. The number of fused-ring (bicyclic) bond motifs is 1. The number of halogens is 2. The smallest absolute Gasteiger partial charge is 0.285 e. The van der Waals surface area contributed by atoms with Gasteiger partial charge >= 0.3 is 0 Å². The van der Waals surface area contributed by atoms with Crippen molar-refractivity contribution in [2.75, 3.05) is 19.7 Å². The van der Waals surface area contributed by atoms with Crippen LogP contribution >= 0.6 is 0 Å². The Morgan fingerprint density at radius 3 is 2.71 bits per heavy atom. The molecule has 94 valence electrons. The third kappa shape index (κ3) is 2.46. The molecular weight excluding hydrogens is 228 g/mol. The molecule has 0 unspecified atom stereocenters. The van der Waals surface area contributed by atoms with E-state index in [-0.39, 0.29) is 31.9 Å². The molecule has 1 aromatic rings. The number of hydrogen-bond donors (Lipinski definition) is 2. The van der Waals surface area contributed by atoms with Crippen LogP contribution in [0, 0.1) is 0 Å². The number of benzene rings is 1. The number of aliphatic hydroxyl groups excluding tert-OH is 2. The predicted octanol–water partition coefficient (Wildman–Crippen LogP) is 1.08. The Morgan fingerprint density at radius 1 is 1.29 bits per heavy atom. The Labute approximate surface area is 98.3 Å². The van der Waals surface area contributed by atoms with Gasteiger partial charge in [-0.15, -0.1) is 0 Å². The van der Waals surface area contributed by atoms with Gasteiger partial charge in [0, 0.05) is 18.7 Å². The van der Waals surface area contributed by atoms with Gasteiger partial charge in [-0.05, 0) is 11.1 Å². The van der Waals surface area contributed by atoms with Crippen LogP contribution in [-0.2, 0) is 19.1 Å². The number of nitrogens with zero attached hydrogens (tertiary/aromatic N) is 1. The lowest BCUT2D eigenvalue weighted by Gasteiger charge is -2.34. The van der Waals surface area contributed by atoms with Crippen LogP contribution in [0.5, 0.6) is 0 Å². The van der Waals surface area contributed by atoms with Crippen LogP contribution in [0.1, 0.15) is 16.7 Å². The molecule has 1 aliphatic heterocycles. The first-order chi connectivity index (χ1) is 8.06. The standard InChI is InChI=1S/C12H15F2NO2/c13-12(14)8-15(3-4-16)6-10-5-9(7-17)1-2-11(10)12/h1-2,5,16-17H,3-4,6-8H2. The maximum absolute atomic E-state index is 13.8. The second kappa shape index (κ2) is 4.68. The molecule has 3 nitrogen and oxygen atoms in total. The van der Waals surface area contributed by atoms with Gasteiger partial charge in [-0.25, -0.2) is 0 Å². The molecule has 0 aliphatic carbocycles. The largest absolute Gasteiger partial charge is 0.395 e. The summed E-state index contributed by atoms with van der Waals surface area (Å²) in [5.41, 5.74) is 1.19. The lowest BCUT2D eigenvalue weighted by molar-refractivity contribution is -0.0548. The molecule has 0 radical (unpaired) electrons. The van der Waals surface area contributed by atoms with Crippen LogP contribution in [0.3, 0.4) is 0 Å². The van der Waals surface area contributed by atoms with Gasteiger partial charge in [-0.2, -0.15) is 8.78 Å². The van der Waals surface area contributed by atoms with Gasteiger partial charge in [-0.1, -0.05) is 18.2 Å². The van der Waals surface area contributed by atoms with Gasteiger partial charge in [0.05, 0.1) is 19.8 Å². The number of alkyl halides is 2. The lowest BCUT2D eigenvalue weighted by atomic mass is 9.94. The summed E-state index contributed by atoms with van der Waals surface area (Å²) in [4.78, 5) is 1.52. The zero-order valence-corrected chi connectivity index (χ0v) is 9.37. The van der Waals surface area contributed by atoms with Crippen LogP contribution in [0.15, 0.2) is 18.2 Å². The maximum Gasteiger partial charge on any atom is 0.285 e. The minimum absolute atomic E-state index is 0.0314. The summed E-state index contributed by atoms with van der Waals surface area (Å²) in [7, 11) is 0. The van der Waals surface area contributed by atoms with Crippen molar-refractivity contribution in [2.24, 2.45) is 0 Å². The van der Waals surface area contributed by atoms with Gasteiger partial charge in [-0.3, -0.25) is 4.90 Å².